The van der Waals surface area contributed by atoms with Crippen molar-refractivity contribution in [3.8, 4) is 16.9 Å². The maximum Gasteiger partial charge on any atom is 0.118 e. The lowest BCUT2D eigenvalue weighted by atomic mass is 10.1. The summed E-state index contributed by atoms with van der Waals surface area (Å²) in [7, 11) is 1.68. The standard InChI is InChI=1S/C15H13NO/c1-17-13-7-5-12(6-8-13)14-9-11-16-10-3-2-4-15(14)16/h2-11H,1H3. The quantitative estimate of drug-likeness (QED) is 0.647. The molecule has 17 heavy (non-hydrogen) atoms. The number of hydrogen-bond donors (Lipinski definition) is 0. The number of nitrogens with zero attached hydrogens (tertiary/aromatic N) is 1. The number of aromatic nitrogens is 1. The first kappa shape index (κ1) is 9.97. The molecule has 0 bridgehead atoms. The normalized spacial score (nSPS) is 10.6. The minimum atomic E-state index is 0.886. The van der Waals surface area contributed by atoms with Crippen LogP contribution in [0.1, 0.15) is 0 Å². The predicted molar refractivity (Wildman–Crippen MR) is 69.4 cm³/mol. The molecule has 0 saturated carbocycles. The van der Waals surface area contributed by atoms with E-state index in [0.717, 1.165) is 5.75 Å². The van der Waals surface area contributed by atoms with Crippen LogP contribution in [-0.2, 0) is 0 Å². The Bertz CT molecular complexity index is 637. The van der Waals surface area contributed by atoms with Crippen molar-refractivity contribution < 1.29 is 4.74 Å². The van der Waals surface area contributed by atoms with E-state index < -0.39 is 0 Å². The molecule has 3 aromatic rings. The number of methoxy groups -OCH3 is 1. The maximum absolute atomic E-state index is 5.17. The Morgan fingerprint density at radius 3 is 2.47 bits per heavy atom. The molecule has 1 aromatic carbocycles. The van der Waals surface area contributed by atoms with E-state index in [9.17, 15) is 0 Å². The third-order valence-corrected chi connectivity index (χ3v) is 2.97. The van der Waals surface area contributed by atoms with Crippen LogP contribution in [0.3, 0.4) is 0 Å². The van der Waals surface area contributed by atoms with Gasteiger partial charge in [0.15, 0.2) is 0 Å². The zero-order chi connectivity index (χ0) is 11.7. The molecule has 0 unspecified atom stereocenters. The number of fused-ring (bicyclic) bond motifs is 1. The van der Waals surface area contributed by atoms with Gasteiger partial charge in [0.05, 0.1) is 12.6 Å². The SMILES string of the molecule is COc1ccc(-c2ccn3ccccc23)cc1. The number of pyridine rings is 1. The third kappa shape index (κ3) is 1.68. The van der Waals surface area contributed by atoms with Crippen molar-refractivity contribution in [2.45, 2.75) is 0 Å². The van der Waals surface area contributed by atoms with Crippen LogP contribution in [0.25, 0.3) is 16.6 Å². The van der Waals surface area contributed by atoms with Crippen molar-refractivity contribution >= 4 is 5.52 Å². The largest absolute Gasteiger partial charge is 0.497 e. The zero-order valence-corrected chi connectivity index (χ0v) is 9.63. The highest BCUT2D eigenvalue weighted by molar-refractivity contribution is 5.81. The summed E-state index contributed by atoms with van der Waals surface area (Å²) < 4.78 is 7.29. The van der Waals surface area contributed by atoms with E-state index >= 15 is 0 Å². The summed E-state index contributed by atoms with van der Waals surface area (Å²) in [4.78, 5) is 0. The Balaban J connectivity index is 2.13. The molecule has 2 heteroatoms. The number of hydrogen-bond acceptors (Lipinski definition) is 1. The van der Waals surface area contributed by atoms with E-state index in [1.54, 1.807) is 7.11 Å². The Kier molecular flexibility index (Phi) is 2.33. The molecule has 84 valence electrons. The molecule has 0 aliphatic rings. The summed E-state index contributed by atoms with van der Waals surface area (Å²) in [5.74, 6) is 0.886. The molecule has 2 aromatic heterocycles. The first-order valence-corrected chi connectivity index (χ1v) is 5.58. The number of rotatable bonds is 2. The second-order valence-corrected chi connectivity index (χ2v) is 3.95. The Morgan fingerprint density at radius 1 is 0.882 bits per heavy atom. The second-order valence-electron chi connectivity index (χ2n) is 3.95. The van der Waals surface area contributed by atoms with Crippen LogP contribution in [0.2, 0.25) is 0 Å². The van der Waals surface area contributed by atoms with Gasteiger partial charge in [-0.2, -0.15) is 0 Å². The lowest BCUT2D eigenvalue weighted by Crippen LogP contribution is -1.83. The monoisotopic (exact) mass is 223 g/mol. The minimum absolute atomic E-state index is 0.886. The summed E-state index contributed by atoms with van der Waals surface area (Å²) in [6.07, 6.45) is 4.14. The summed E-state index contributed by atoms with van der Waals surface area (Å²) in [6, 6.07) is 16.5. The van der Waals surface area contributed by atoms with E-state index in [1.165, 1.54) is 16.6 Å². The van der Waals surface area contributed by atoms with Crippen LogP contribution < -0.4 is 4.74 Å². The van der Waals surface area contributed by atoms with E-state index in [0.29, 0.717) is 0 Å². The van der Waals surface area contributed by atoms with Crippen LogP contribution in [0.4, 0.5) is 0 Å². The third-order valence-electron chi connectivity index (χ3n) is 2.97. The molecule has 0 fully saturated rings. The van der Waals surface area contributed by atoms with Gasteiger partial charge in [-0.15, -0.1) is 0 Å². The van der Waals surface area contributed by atoms with Crippen LogP contribution in [0.15, 0.2) is 60.9 Å². The highest BCUT2D eigenvalue weighted by Crippen LogP contribution is 2.27. The lowest BCUT2D eigenvalue weighted by molar-refractivity contribution is 0.415. The van der Waals surface area contributed by atoms with Crippen molar-refractivity contribution in [3.63, 3.8) is 0 Å². The van der Waals surface area contributed by atoms with Gasteiger partial charge in [0.1, 0.15) is 5.75 Å². The van der Waals surface area contributed by atoms with Crippen LogP contribution in [0.5, 0.6) is 5.75 Å². The fraction of sp³-hybridized carbons (Fsp3) is 0.0667. The molecule has 0 radical (unpaired) electrons. The Hall–Kier alpha value is -2.22. The van der Waals surface area contributed by atoms with Gasteiger partial charge in [-0.1, -0.05) is 18.2 Å². The molecule has 3 rings (SSSR count). The van der Waals surface area contributed by atoms with Crippen molar-refractivity contribution in [2.75, 3.05) is 7.11 Å². The smallest absolute Gasteiger partial charge is 0.118 e. The van der Waals surface area contributed by atoms with Crippen LogP contribution in [-0.4, -0.2) is 11.5 Å². The average molecular weight is 223 g/mol. The van der Waals surface area contributed by atoms with E-state index in [2.05, 4.69) is 47.1 Å². The van der Waals surface area contributed by atoms with Gasteiger partial charge in [0.25, 0.3) is 0 Å². The van der Waals surface area contributed by atoms with Gasteiger partial charge >= 0.3 is 0 Å². The molecule has 0 N–H and O–H groups in total. The van der Waals surface area contributed by atoms with Gasteiger partial charge in [-0.05, 0) is 35.9 Å². The maximum atomic E-state index is 5.17. The Morgan fingerprint density at radius 2 is 1.71 bits per heavy atom. The number of ether oxygens (including phenoxy) is 1. The van der Waals surface area contributed by atoms with Crippen LogP contribution >= 0.6 is 0 Å². The zero-order valence-electron chi connectivity index (χ0n) is 9.63. The fourth-order valence-electron chi connectivity index (χ4n) is 2.07. The van der Waals surface area contributed by atoms with Gasteiger partial charge < -0.3 is 9.14 Å². The van der Waals surface area contributed by atoms with Crippen molar-refractivity contribution in [2.24, 2.45) is 0 Å². The van der Waals surface area contributed by atoms with Gasteiger partial charge in [-0.3, -0.25) is 0 Å². The summed E-state index contributed by atoms with van der Waals surface area (Å²) in [5, 5.41) is 0. The molecule has 0 spiro atoms. The molecular formula is C15H13NO. The molecule has 0 atom stereocenters. The predicted octanol–water partition coefficient (Wildman–Crippen LogP) is 3.61. The first-order chi connectivity index (χ1) is 8.38. The van der Waals surface area contributed by atoms with E-state index in [-0.39, 0.29) is 0 Å². The topological polar surface area (TPSA) is 13.6 Å². The Labute approximate surface area is 100 Å². The van der Waals surface area contributed by atoms with Gasteiger partial charge in [-0.25, -0.2) is 0 Å². The van der Waals surface area contributed by atoms with Crippen molar-refractivity contribution in [1.82, 2.24) is 4.40 Å². The lowest BCUT2D eigenvalue weighted by Gasteiger charge is -2.03. The summed E-state index contributed by atoms with van der Waals surface area (Å²) >= 11 is 0. The number of benzene rings is 1. The van der Waals surface area contributed by atoms with E-state index in [4.69, 9.17) is 4.74 Å². The fourth-order valence-corrected chi connectivity index (χ4v) is 2.07. The van der Waals surface area contributed by atoms with E-state index in [1.807, 2.05) is 18.2 Å². The highest BCUT2D eigenvalue weighted by Gasteiger charge is 2.04. The molecule has 2 heterocycles. The molecule has 0 aliphatic heterocycles. The molecule has 0 aliphatic carbocycles. The summed E-state index contributed by atoms with van der Waals surface area (Å²) in [5.41, 5.74) is 3.67. The molecule has 0 saturated heterocycles. The van der Waals surface area contributed by atoms with Gasteiger partial charge in [0, 0.05) is 18.0 Å². The van der Waals surface area contributed by atoms with Gasteiger partial charge in [0.2, 0.25) is 0 Å². The van der Waals surface area contributed by atoms with Crippen LogP contribution in [0, 0.1) is 0 Å². The van der Waals surface area contributed by atoms with Crippen molar-refractivity contribution in [3.05, 3.63) is 60.9 Å². The molecule has 2 nitrogen and oxygen atoms in total. The minimum Gasteiger partial charge on any atom is -0.497 e. The second kappa shape index (κ2) is 3.98. The molecule has 0 amide bonds. The van der Waals surface area contributed by atoms with Crippen molar-refractivity contribution in [1.29, 1.82) is 0 Å². The summed E-state index contributed by atoms with van der Waals surface area (Å²) in [6.45, 7) is 0. The highest BCUT2D eigenvalue weighted by atomic mass is 16.5. The first-order valence-electron chi connectivity index (χ1n) is 5.58. The average Bonchev–Trinajstić information content (AvgIpc) is 2.83. The molecular weight excluding hydrogens is 210 g/mol.